The van der Waals surface area contributed by atoms with Gasteiger partial charge in [-0.1, -0.05) is 6.42 Å². The van der Waals surface area contributed by atoms with Crippen LogP contribution in [0.3, 0.4) is 0 Å². The smallest absolute Gasteiger partial charge is 0.265 e. The summed E-state index contributed by atoms with van der Waals surface area (Å²) in [4.78, 5) is 12.2. The first-order valence-electron chi connectivity index (χ1n) is 7.95. The first-order valence-corrected chi connectivity index (χ1v) is 9.39. The van der Waals surface area contributed by atoms with Gasteiger partial charge in [0.05, 0.1) is 7.11 Å². The topological polar surface area (TPSA) is 79.0 Å². The molecule has 1 fully saturated rings. The van der Waals surface area contributed by atoms with E-state index in [-0.39, 0.29) is 28.2 Å². The van der Waals surface area contributed by atoms with Crippen LogP contribution in [0, 0.1) is 0 Å². The third kappa shape index (κ3) is 3.88. The molecule has 7 nitrogen and oxygen atoms in total. The van der Waals surface area contributed by atoms with E-state index in [0.717, 1.165) is 19.3 Å². The molecule has 134 valence electrons. The normalized spacial score (nSPS) is 19.3. The monoisotopic (exact) mass is 355 g/mol. The number of nitrogens with zero attached hydrogens (tertiary/aromatic N) is 2. The summed E-state index contributed by atoms with van der Waals surface area (Å²) in [6.07, 6.45) is 2.70. The van der Waals surface area contributed by atoms with Crippen LogP contribution in [0.15, 0.2) is 23.1 Å². The van der Waals surface area contributed by atoms with E-state index >= 15 is 0 Å². The number of amides is 1. The predicted molar refractivity (Wildman–Crippen MR) is 91.4 cm³/mol. The van der Waals surface area contributed by atoms with E-state index in [2.05, 4.69) is 5.43 Å². The lowest BCUT2D eigenvalue weighted by atomic mass is 10.1. The molecule has 1 aromatic rings. The molecule has 0 spiro atoms. The molecule has 1 aromatic carbocycles. The summed E-state index contributed by atoms with van der Waals surface area (Å²) in [5.41, 5.74) is 2.88. The molecule has 1 atom stereocenters. The highest BCUT2D eigenvalue weighted by Gasteiger charge is 2.33. The lowest BCUT2D eigenvalue weighted by Gasteiger charge is -2.32. The summed E-state index contributed by atoms with van der Waals surface area (Å²) < 4.78 is 32.9. The molecule has 1 heterocycles. The van der Waals surface area contributed by atoms with Crippen LogP contribution in [0.25, 0.3) is 0 Å². The van der Waals surface area contributed by atoms with Crippen LogP contribution in [-0.4, -0.2) is 57.4 Å². The highest BCUT2D eigenvalue weighted by atomic mass is 32.2. The van der Waals surface area contributed by atoms with Crippen molar-refractivity contribution in [1.29, 1.82) is 0 Å². The van der Waals surface area contributed by atoms with Crippen molar-refractivity contribution >= 4 is 15.9 Å². The minimum Gasteiger partial charge on any atom is -0.495 e. The standard InChI is InChI=1S/C16H25N3O4S/c1-12-7-5-6-10-19(12)24(21,22)15-11-13(8-9-14(15)23-4)16(20)17-18(2)3/h8-9,11-12H,5-7,10H2,1-4H3,(H,17,20)/t12-/m0/s1. The third-order valence-corrected chi connectivity index (χ3v) is 6.11. The Morgan fingerprint density at radius 1 is 1.33 bits per heavy atom. The van der Waals surface area contributed by atoms with Crippen molar-refractivity contribution in [1.82, 2.24) is 14.7 Å². The Balaban J connectivity index is 2.44. The lowest BCUT2D eigenvalue weighted by Crippen LogP contribution is -2.42. The van der Waals surface area contributed by atoms with Gasteiger partial charge in [-0.05, 0) is 38.0 Å². The van der Waals surface area contributed by atoms with Gasteiger partial charge >= 0.3 is 0 Å². The molecule has 0 bridgehead atoms. The summed E-state index contributed by atoms with van der Waals surface area (Å²) in [5.74, 6) is -0.125. The fourth-order valence-electron chi connectivity index (χ4n) is 2.84. The molecular weight excluding hydrogens is 330 g/mol. The van der Waals surface area contributed by atoms with Crippen LogP contribution in [0.5, 0.6) is 5.75 Å². The number of carbonyl (C=O) groups excluding carboxylic acids is 1. The van der Waals surface area contributed by atoms with Crippen molar-refractivity contribution in [2.75, 3.05) is 27.7 Å². The van der Waals surface area contributed by atoms with Crippen molar-refractivity contribution in [2.45, 2.75) is 37.1 Å². The van der Waals surface area contributed by atoms with Crippen LogP contribution >= 0.6 is 0 Å². The summed E-state index contributed by atoms with van der Waals surface area (Å²) in [6.45, 7) is 2.40. The summed E-state index contributed by atoms with van der Waals surface area (Å²) in [6, 6.07) is 4.39. The Kier molecular flexibility index (Phi) is 5.84. The number of benzene rings is 1. The van der Waals surface area contributed by atoms with Gasteiger partial charge < -0.3 is 4.74 Å². The number of ether oxygens (including phenoxy) is 1. The lowest BCUT2D eigenvalue weighted by molar-refractivity contribution is 0.0856. The number of hydrazine groups is 1. The second-order valence-electron chi connectivity index (χ2n) is 6.16. The minimum absolute atomic E-state index is 0.0326. The first-order chi connectivity index (χ1) is 11.3. The Morgan fingerprint density at radius 2 is 2.04 bits per heavy atom. The Bertz CT molecular complexity index is 703. The quantitative estimate of drug-likeness (QED) is 0.809. The average molecular weight is 355 g/mol. The van der Waals surface area contributed by atoms with Crippen LogP contribution in [0.1, 0.15) is 36.5 Å². The maximum absolute atomic E-state index is 13.1. The third-order valence-electron chi connectivity index (χ3n) is 4.08. The van der Waals surface area contributed by atoms with Crippen molar-refractivity contribution in [3.05, 3.63) is 23.8 Å². The Hall–Kier alpha value is -1.64. The van der Waals surface area contributed by atoms with E-state index < -0.39 is 10.0 Å². The number of methoxy groups -OCH3 is 1. The van der Waals surface area contributed by atoms with Gasteiger partial charge in [-0.15, -0.1) is 0 Å². The number of piperidine rings is 1. The number of nitrogens with one attached hydrogen (secondary N) is 1. The second kappa shape index (κ2) is 7.50. The molecule has 1 saturated heterocycles. The molecule has 1 aliphatic heterocycles. The number of hydrogen-bond donors (Lipinski definition) is 1. The van der Waals surface area contributed by atoms with Crippen LogP contribution in [0.2, 0.25) is 0 Å². The van der Waals surface area contributed by atoms with Gasteiger partial charge in [-0.25, -0.2) is 13.4 Å². The first kappa shape index (κ1) is 18.7. The van der Waals surface area contributed by atoms with E-state index in [0.29, 0.717) is 6.54 Å². The highest BCUT2D eigenvalue weighted by Crippen LogP contribution is 2.31. The Labute approximate surface area is 143 Å². The summed E-state index contributed by atoms with van der Waals surface area (Å²) in [5, 5.41) is 1.51. The van der Waals surface area contributed by atoms with Gasteiger partial charge in [-0.3, -0.25) is 10.2 Å². The zero-order valence-electron chi connectivity index (χ0n) is 14.6. The number of hydrogen-bond acceptors (Lipinski definition) is 5. The molecule has 1 N–H and O–H groups in total. The van der Waals surface area contributed by atoms with Crippen molar-refractivity contribution in [3.63, 3.8) is 0 Å². The van der Waals surface area contributed by atoms with Gasteiger partial charge in [0.15, 0.2) is 0 Å². The molecule has 0 unspecified atom stereocenters. The zero-order valence-corrected chi connectivity index (χ0v) is 15.4. The van der Waals surface area contributed by atoms with Gasteiger partial charge in [0.2, 0.25) is 10.0 Å². The van der Waals surface area contributed by atoms with Crippen LogP contribution in [0.4, 0.5) is 0 Å². The maximum Gasteiger partial charge on any atom is 0.265 e. The number of carbonyl (C=O) groups is 1. The van der Waals surface area contributed by atoms with Crippen LogP contribution in [-0.2, 0) is 10.0 Å². The molecular formula is C16H25N3O4S. The van der Waals surface area contributed by atoms with E-state index in [1.54, 1.807) is 20.2 Å². The van der Waals surface area contributed by atoms with Gasteiger partial charge in [-0.2, -0.15) is 4.31 Å². The highest BCUT2D eigenvalue weighted by molar-refractivity contribution is 7.89. The largest absolute Gasteiger partial charge is 0.495 e. The maximum atomic E-state index is 13.1. The average Bonchev–Trinajstić information content (AvgIpc) is 2.53. The van der Waals surface area contributed by atoms with Gasteiger partial charge in [0.25, 0.3) is 5.91 Å². The fourth-order valence-corrected chi connectivity index (χ4v) is 4.73. The second-order valence-corrected chi connectivity index (χ2v) is 8.02. The summed E-state index contributed by atoms with van der Waals surface area (Å²) >= 11 is 0. The Morgan fingerprint density at radius 3 is 2.62 bits per heavy atom. The zero-order chi connectivity index (χ0) is 17.9. The summed E-state index contributed by atoms with van der Waals surface area (Å²) in [7, 11) is 1.08. The van der Waals surface area contributed by atoms with E-state index in [4.69, 9.17) is 4.74 Å². The van der Waals surface area contributed by atoms with Crippen molar-refractivity contribution in [2.24, 2.45) is 0 Å². The molecule has 0 radical (unpaired) electrons. The molecule has 8 heteroatoms. The SMILES string of the molecule is COc1ccc(C(=O)NN(C)C)cc1S(=O)(=O)N1CCCC[C@@H]1C. The van der Waals surface area contributed by atoms with Crippen molar-refractivity contribution in [3.8, 4) is 5.75 Å². The number of rotatable bonds is 5. The molecule has 2 rings (SSSR count). The molecule has 1 amide bonds. The van der Waals surface area contributed by atoms with E-state index in [1.165, 1.54) is 28.6 Å². The molecule has 1 aliphatic rings. The van der Waals surface area contributed by atoms with E-state index in [9.17, 15) is 13.2 Å². The molecule has 0 aliphatic carbocycles. The van der Waals surface area contributed by atoms with E-state index in [1.807, 2.05) is 6.92 Å². The minimum atomic E-state index is -3.72. The predicted octanol–water partition coefficient (Wildman–Crippen LogP) is 1.46. The van der Waals surface area contributed by atoms with Gasteiger partial charge in [0, 0.05) is 32.2 Å². The molecule has 24 heavy (non-hydrogen) atoms. The molecule has 0 aromatic heterocycles. The van der Waals surface area contributed by atoms with Crippen molar-refractivity contribution < 1.29 is 17.9 Å². The number of sulfonamides is 1. The van der Waals surface area contributed by atoms with Crippen LogP contribution < -0.4 is 10.2 Å². The molecule has 0 saturated carbocycles. The fraction of sp³-hybridized carbons (Fsp3) is 0.562. The van der Waals surface area contributed by atoms with Gasteiger partial charge in [0.1, 0.15) is 10.6 Å².